The second-order valence-corrected chi connectivity index (χ2v) is 18.4. The zero-order chi connectivity index (χ0) is 31.7. The van der Waals surface area contributed by atoms with E-state index in [2.05, 4.69) is 49.1 Å². The van der Waals surface area contributed by atoms with Crippen LogP contribution < -0.4 is 10.2 Å². The molecular weight excluding hydrogens is 571 g/mol. The van der Waals surface area contributed by atoms with Crippen molar-refractivity contribution in [3.63, 3.8) is 0 Å². The molecule has 1 aromatic heterocycles. The SMILES string of the molecule is C[C@@H](CO[C@@H]1CCN([C@H]2CCN(c3ncc(C(F)(F)F)cn3)C[C@@H]2O[Si](C)(C)C(C)(C)C)C1=O)NC(=O)OC(C)(C)C. The van der Waals surface area contributed by atoms with Crippen molar-refractivity contribution in [3.8, 4) is 0 Å². The third-order valence-corrected chi connectivity index (χ3v) is 12.4. The molecule has 238 valence electrons. The number of rotatable bonds is 8. The molecule has 14 heteroatoms. The van der Waals surface area contributed by atoms with Gasteiger partial charge in [0.05, 0.1) is 30.4 Å². The summed E-state index contributed by atoms with van der Waals surface area (Å²) in [5.74, 6) is 0.0678. The lowest BCUT2D eigenvalue weighted by Gasteiger charge is -2.47. The fourth-order valence-electron chi connectivity index (χ4n) is 4.71. The van der Waals surface area contributed by atoms with Gasteiger partial charge in [-0.3, -0.25) is 4.79 Å². The third-order valence-electron chi connectivity index (χ3n) is 7.93. The van der Waals surface area contributed by atoms with Gasteiger partial charge in [0.25, 0.3) is 5.91 Å². The summed E-state index contributed by atoms with van der Waals surface area (Å²) in [6.45, 7) is 19.2. The average molecular weight is 618 g/mol. The molecule has 0 aliphatic carbocycles. The Balaban J connectivity index is 1.70. The number of halogens is 3. The van der Waals surface area contributed by atoms with E-state index in [1.807, 2.05) is 9.80 Å². The second kappa shape index (κ2) is 12.6. The Labute approximate surface area is 247 Å². The van der Waals surface area contributed by atoms with Crippen LogP contribution in [0.4, 0.5) is 23.9 Å². The van der Waals surface area contributed by atoms with Crippen LogP contribution in [-0.4, -0.2) is 91.3 Å². The molecule has 0 bridgehead atoms. The van der Waals surface area contributed by atoms with E-state index in [0.717, 1.165) is 12.4 Å². The van der Waals surface area contributed by atoms with Gasteiger partial charge in [0.15, 0.2) is 8.32 Å². The summed E-state index contributed by atoms with van der Waals surface area (Å²) in [7, 11) is -2.29. The summed E-state index contributed by atoms with van der Waals surface area (Å²) in [6, 6.07) is -0.591. The lowest BCUT2D eigenvalue weighted by atomic mass is 10.0. The van der Waals surface area contributed by atoms with E-state index in [1.165, 1.54) is 0 Å². The van der Waals surface area contributed by atoms with E-state index in [0.29, 0.717) is 32.5 Å². The lowest BCUT2D eigenvalue weighted by Crippen LogP contribution is -2.60. The Morgan fingerprint density at radius 1 is 1.10 bits per heavy atom. The Bertz CT molecular complexity index is 1090. The van der Waals surface area contributed by atoms with Crippen molar-refractivity contribution in [2.45, 2.75) is 116 Å². The van der Waals surface area contributed by atoms with Gasteiger partial charge < -0.3 is 29.0 Å². The summed E-state index contributed by atoms with van der Waals surface area (Å²) >= 11 is 0. The molecule has 0 aromatic carbocycles. The molecule has 4 atom stereocenters. The molecule has 1 N–H and O–H groups in total. The first-order valence-electron chi connectivity index (χ1n) is 14.4. The predicted molar refractivity (Wildman–Crippen MR) is 155 cm³/mol. The largest absolute Gasteiger partial charge is 0.444 e. The molecule has 2 aliphatic rings. The molecule has 2 amide bonds. The van der Waals surface area contributed by atoms with Gasteiger partial charge in [-0.25, -0.2) is 14.8 Å². The van der Waals surface area contributed by atoms with Crippen molar-refractivity contribution < 1.29 is 36.7 Å². The summed E-state index contributed by atoms with van der Waals surface area (Å²) in [6.07, 6.45) is -3.46. The fourth-order valence-corrected chi connectivity index (χ4v) is 6.06. The third kappa shape index (κ3) is 8.79. The van der Waals surface area contributed by atoms with Crippen LogP contribution in [0.5, 0.6) is 0 Å². The molecule has 10 nitrogen and oxygen atoms in total. The second-order valence-electron chi connectivity index (χ2n) is 13.7. The van der Waals surface area contributed by atoms with Crippen LogP contribution in [0.15, 0.2) is 12.4 Å². The predicted octanol–water partition coefficient (Wildman–Crippen LogP) is 5.00. The number of anilines is 1. The van der Waals surface area contributed by atoms with Crippen LogP contribution in [0.3, 0.4) is 0 Å². The minimum absolute atomic E-state index is 0.0946. The van der Waals surface area contributed by atoms with Crippen LogP contribution in [0.2, 0.25) is 18.1 Å². The number of alkyl halides is 3. The van der Waals surface area contributed by atoms with Gasteiger partial charge in [-0.15, -0.1) is 0 Å². The number of hydrogen-bond acceptors (Lipinski definition) is 8. The van der Waals surface area contributed by atoms with Gasteiger partial charge in [-0.2, -0.15) is 13.2 Å². The Morgan fingerprint density at radius 3 is 2.26 bits per heavy atom. The first-order chi connectivity index (χ1) is 19.2. The van der Waals surface area contributed by atoms with E-state index in [9.17, 15) is 22.8 Å². The van der Waals surface area contributed by atoms with Crippen molar-refractivity contribution >= 4 is 26.3 Å². The number of ether oxygens (including phenoxy) is 2. The maximum absolute atomic E-state index is 13.5. The van der Waals surface area contributed by atoms with E-state index >= 15 is 0 Å². The number of amides is 2. The van der Waals surface area contributed by atoms with Crippen molar-refractivity contribution in [1.82, 2.24) is 20.2 Å². The van der Waals surface area contributed by atoms with Crippen LogP contribution in [0.1, 0.15) is 66.9 Å². The molecular formula is C28H46F3N5O5Si. The van der Waals surface area contributed by atoms with Gasteiger partial charge in [0.2, 0.25) is 5.95 Å². The first-order valence-corrected chi connectivity index (χ1v) is 17.3. The Hall–Kier alpha value is -2.45. The Morgan fingerprint density at radius 2 is 1.71 bits per heavy atom. The number of piperidine rings is 1. The summed E-state index contributed by atoms with van der Waals surface area (Å²) in [5, 5.41) is 2.63. The van der Waals surface area contributed by atoms with E-state index in [-0.39, 0.29) is 41.7 Å². The van der Waals surface area contributed by atoms with Crippen molar-refractivity contribution in [1.29, 1.82) is 0 Å². The Kier molecular flexibility index (Phi) is 10.3. The minimum atomic E-state index is -4.52. The number of nitrogens with one attached hydrogen (secondary N) is 1. The quantitative estimate of drug-likeness (QED) is 0.407. The monoisotopic (exact) mass is 617 g/mol. The number of aromatic nitrogens is 2. The number of nitrogens with zero attached hydrogens (tertiary/aromatic N) is 4. The minimum Gasteiger partial charge on any atom is -0.444 e. The normalized spacial score (nSPS) is 23.2. The fraction of sp³-hybridized carbons (Fsp3) is 0.786. The molecule has 3 rings (SSSR count). The summed E-state index contributed by atoms with van der Waals surface area (Å²) < 4.78 is 57.2. The van der Waals surface area contributed by atoms with Crippen LogP contribution in [-0.2, 0) is 24.9 Å². The van der Waals surface area contributed by atoms with Gasteiger partial charge in [0.1, 0.15) is 11.7 Å². The van der Waals surface area contributed by atoms with E-state index in [1.54, 1.807) is 27.7 Å². The maximum atomic E-state index is 13.5. The zero-order valence-electron chi connectivity index (χ0n) is 26.2. The molecule has 0 radical (unpaired) electrons. The highest BCUT2D eigenvalue weighted by Crippen LogP contribution is 2.39. The number of carbonyl (C=O) groups is 2. The smallest absolute Gasteiger partial charge is 0.419 e. The molecule has 42 heavy (non-hydrogen) atoms. The molecule has 3 heterocycles. The summed E-state index contributed by atoms with van der Waals surface area (Å²) in [5.41, 5.74) is -1.52. The van der Waals surface area contributed by atoms with Crippen LogP contribution >= 0.6 is 0 Å². The molecule has 0 spiro atoms. The molecule has 1 aromatic rings. The highest BCUT2D eigenvalue weighted by Gasteiger charge is 2.47. The van der Waals surface area contributed by atoms with Crippen molar-refractivity contribution in [3.05, 3.63) is 18.0 Å². The zero-order valence-corrected chi connectivity index (χ0v) is 27.2. The molecule has 2 saturated heterocycles. The highest BCUT2D eigenvalue weighted by atomic mass is 28.4. The van der Waals surface area contributed by atoms with Crippen molar-refractivity contribution in [2.75, 3.05) is 31.1 Å². The van der Waals surface area contributed by atoms with Gasteiger partial charge in [-0.05, 0) is 52.2 Å². The van der Waals surface area contributed by atoms with Gasteiger partial charge in [0, 0.05) is 38.4 Å². The number of alkyl carbamates (subject to hydrolysis) is 1. The van der Waals surface area contributed by atoms with Gasteiger partial charge in [-0.1, -0.05) is 20.8 Å². The highest BCUT2D eigenvalue weighted by molar-refractivity contribution is 6.74. The average Bonchev–Trinajstić information content (AvgIpc) is 3.20. The van der Waals surface area contributed by atoms with Crippen LogP contribution in [0, 0.1) is 0 Å². The maximum Gasteiger partial charge on any atom is 0.419 e. The summed E-state index contributed by atoms with van der Waals surface area (Å²) in [4.78, 5) is 37.2. The molecule has 0 saturated carbocycles. The molecule has 2 aliphatic heterocycles. The lowest BCUT2D eigenvalue weighted by molar-refractivity contribution is -0.141. The number of likely N-dealkylation sites (tertiary alicyclic amines) is 1. The van der Waals surface area contributed by atoms with E-state index in [4.69, 9.17) is 13.9 Å². The van der Waals surface area contributed by atoms with Crippen LogP contribution in [0.25, 0.3) is 0 Å². The standard InChI is InChI=1S/C28H46F3N5O5Si/c1-18(34-25(38)40-26(2,3)4)17-39-21-11-13-36(23(21)37)20-10-12-35(16-22(20)41-42(8,9)27(5,6)7)24-32-14-19(15-33-24)28(29,30)31/h14-15,18,20-22H,10-13,16-17H2,1-9H3,(H,34,38)/t18-,20-,21+,22-/m0/s1. The first kappa shape index (κ1) is 34.0. The molecule has 0 unspecified atom stereocenters. The topological polar surface area (TPSA) is 106 Å². The molecule has 2 fully saturated rings. The van der Waals surface area contributed by atoms with Gasteiger partial charge >= 0.3 is 12.3 Å². The van der Waals surface area contributed by atoms with Crippen molar-refractivity contribution in [2.24, 2.45) is 0 Å². The van der Waals surface area contributed by atoms with E-state index < -0.39 is 37.9 Å². The number of carbonyl (C=O) groups excluding carboxylic acids is 2. The number of hydrogen-bond donors (Lipinski definition) is 1.